The van der Waals surface area contributed by atoms with Gasteiger partial charge in [0.2, 0.25) is 5.95 Å². The molecule has 1 fully saturated rings. The quantitative estimate of drug-likeness (QED) is 0.172. The zero-order valence-electron chi connectivity index (χ0n) is 23.4. The fraction of sp³-hybridized carbons (Fsp3) is 0.452. The smallest absolute Gasteiger partial charge is 0.227 e. The number of nitrogens with zero attached hydrogens (tertiary/aromatic N) is 4. The lowest BCUT2D eigenvalue weighted by Crippen LogP contribution is -2.37. The molecule has 2 aromatic heterocycles. The molecule has 0 atom stereocenters. The summed E-state index contributed by atoms with van der Waals surface area (Å²) in [5.74, 6) is 1.46. The molecule has 1 aliphatic rings. The van der Waals surface area contributed by atoms with Gasteiger partial charge in [0.15, 0.2) is 17.0 Å². The van der Waals surface area contributed by atoms with E-state index in [1.54, 1.807) is 0 Å². The van der Waals surface area contributed by atoms with Gasteiger partial charge >= 0.3 is 0 Å². The average Bonchev–Trinajstić information content (AvgIpc) is 3.38. The minimum atomic E-state index is 0. The van der Waals surface area contributed by atoms with Crippen LogP contribution in [0.4, 0.5) is 11.8 Å². The maximum absolute atomic E-state index is 4.91. The molecule has 0 radical (unpaired) electrons. The van der Waals surface area contributed by atoms with Crippen molar-refractivity contribution in [3.63, 3.8) is 0 Å². The summed E-state index contributed by atoms with van der Waals surface area (Å²) in [6, 6.07) is 20.5. The zero-order chi connectivity index (χ0) is 26.3. The van der Waals surface area contributed by atoms with Crippen molar-refractivity contribution in [1.29, 1.82) is 0 Å². The molecule has 0 bridgehead atoms. The highest BCUT2D eigenvalue weighted by Gasteiger charge is 2.22. The van der Waals surface area contributed by atoms with Gasteiger partial charge in [-0.25, -0.2) is 4.98 Å². The van der Waals surface area contributed by atoms with Gasteiger partial charge in [0.25, 0.3) is 0 Å². The van der Waals surface area contributed by atoms with Crippen molar-refractivity contribution in [2.45, 2.75) is 84.0 Å². The van der Waals surface area contributed by atoms with Crippen LogP contribution in [0.15, 0.2) is 60.9 Å². The number of benzene rings is 2. The molecule has 208 valence electrons. The number of halogens is 1. The summed E-state index contributed by atoms with van der Waals surface area (Å²) >= 11 is 0. The van der Waals surface area contributed by atoms with Crippen LogP contribution in [-0.4, -0.2) is 38.1 Å². The van der Waals surface area contributed by atoms with Crippen molar-refractivity contribution in [3.8, 4) is 11.1 Å². The predicted octanol–water partition coefficient (Wildman–Crippen LogP) is 7.22. The molecule has 4 aromatic rings. The fourth-order valence-corrected chi connectivity index (χ4v) is 5.22. The van der Waals surface area contributed by atoms with E-state index in [1.807, 2.05) is 12.4 Å². The summed E-state index contributed by atoms with van der Waals surface area (Å²) in [5.41, 5.74) is 5.33. The predicted molar refractivity (Wildman–Crippen MR) is 165 cm³/mol. The second-order valence-electron chi connectivity index (χ2n) is 10.7. The van der Waals surface area contributed by atoms with Crippen LogP contribution in [0.1, 0.15) is 70.9 Å². The van der Waals surface area contributed by atoms with Crippen molar-refractivity contribution in [2.24, 2.45) is 0 Å². The van der Waals surface area contributed by atoms with E-state index in [9.17, 15) is 0 Å². The van der Waals surface area contributed by atoms with E-state index in [0.29, 0.717) is 24.6 Å². The Kier molecular flexibility index (Phi) is 10.2. The Labute approximate surface area is 238 Å². The third-order valence-electron chi connectivity index (χ3n) is 7.52. The number of imidazole rings is 1. The number of anilines is 2. The number of hydrogen-bond donors (Lipinski definition) is 3. The lowest BCUT2D eigenvalue weighted by Gasteiger charge is -2.30. The maximum Gasteiger partial charge on any atom is 0.227 e. The van der Waals surface area contributed by atoms with E-state index in [0.717, 1.165) is 36.4 Å². The van der Waals surface area contributed by atoms with Crippen molar-refractivity contribution in [2.75, 3.05) is 17.2 Å². The van der Waals surface area contributed by atoms with E-state index < -0.39 is 0 Å². The SMILES string of the molecule is CCCCNC1CCC(Nc2nc(NCc3ccc(-c4ccccc4)cc3)c3ncn(C(C)C)c3n2)CC1.Cl. The van der Waals surface area contributed by atoms with Crippen LogP contribution in [0.5, 0.6) is 0 Å². The molecule has 2 aromatic carbocycles. The van der Waals surface area contributed by atoms with Crippen LogP contribution < -0.4 is 16.0 Å². The monoisotopic (exact) mass is 547 g/mol. The van der Waals surface area contributed by atoms with E-state index in [4.69, 9.17) is 9.97 Å². The summed E-state index contributed by atoms with van der Waals surface area (Å²) in [7, 11) is 0. The van der Waals surface area contributed by atoms with Gasteiger partial charge in [-0.3, -0.25) is 0 Å². The van der Waals surface area contributed by atoms with E-state index >= 15 is 0 Å². The van der Waals surface area contributed by atoms with Crippen molar-refractivity contribution in [1.82, 2.24) is 24.8 Å². The molecule has 8 heteroatoms. The van der Waals surface area contributed by atoms with Crippen molar-refractivity contribution in [3.05, 3.63) is 66.5 Å². The van der Waals surface area contributed by atoms with Gasteiger partial charge in [0.05, 0.1) is 6.33 Å². The second-order valence-corrected chi connectivity index (χ2v) is 10.7. The summed E-state index contributed by atoms with van der Waals surface area (Å²) in [6.07, 6.45) is 9.01. The summed E-state index contributed by atoms with van der Waals surface area (Å²) < 4.78 is 2.12. The number of aromatic nitrogens is 4. The molecule has 1 saturated carbocycles. The second kappa shape index (κ2) is 13.8. The standard InChI is InChI=1S/C31H41N7.ClH/c1-4-5-19-32-26-15-17-27(18-16-26)35-31-36-29(28-30(37-31)38(21-34-28)22(2)3)33-20-23-11-13-25(14-12-23)24-9-7-6-8-10-24;/h6-14,21-22,26-27,32H,4-5,15-20H2,1-3H3,(H2,33,35,36,37);1H. The maximum atomic E-state index is 4.91. The lowest BCUT2D eigenvalue weighted by molar-refractivity contribution is 0.352. The van der Waals surface area contributed by atoms with Crippen molar-refractivity contribution >= 4 is 35.3 Å². The number of nitrogens with one attached hydrogen (secondary N) is 3. The molecule has 5 rings (SSSR count). The average molecular weight is 548 g/mol. The Balaban J connectivity index is 0.00000353. The molecule has 0 spiro atoms. The minimum absolute atomic E-state index is 0. The zero-order valence-corrected chi connectivity index (χ0v) is 24.2. The number of rotatable bonds is 11. The van der Waals surface area contributed by atoms with Gasteiger partial charge in [-0.1, -0.05) is 67.9 Å². The number of fused-ring (bicyclic) bond motifs is 1. The summed E-state index contributed by atoms with van der Waals surface area (Å²) in [6.45, 7) is 8.36. The Morgan fingerprint density at radius 1 is 0.897 bits per heavy atom. The van der Waals surface area contributed by atoms with Crippen LogP contribution in [-0.2, 0) is 6.54 Å². The highest BCUT2D eigenvalue weighted by molar-refractivity contribution is 5.85. The largest absolute Gasteiger partial charge is 0.364 e. The Bertz CT molecular complexity index is 1300. The number of hydrogen-bond acceptors (Lipinski definition) is 6. The van der Waals surface area contributed by atoms with Crippen LogP contribution in [0.25, 0.3) is 22.3 Å². The lowest BCUT2D eigenvalue weighted by atomic mass is 9.91. The van der Waals surface area contributed by atoms with Crippen LogP contribution in [0.2, 0.25) is 0 Å². The van der Waals surface area contributed by atoms with E-state index in [1.165, 1.54) is 42.4 Å². The fourth-order valence-electron chi connectivity index (χ4n) is 5.22. The molecule has 7 nitrogen and oxygen atoms in total. The van der Waals surface area contributed by atoms with Crippen LogP contribution >= 0.6 is 12.4 Å². The Hall–Kier alpha value is -3.16. The van der Waals surface area contributed by atoms with Crippen LogP contribution in [0, 0.1) is 0 Å². The highest BCUT2D eigenvalue weighted by Crippen LogP contribution is 2.27. The van der Waals surface area contributed by atoms with Crippen molar-refractivity contribution < 1.29 is 0 Å². The first kappa shape index (κ1) is 28.8. The van der Waals surface area contributed by atoms with E-state index in [2.05, 4.69) is 94.8 Å². The van der Waals surface area contributed by atoms with Gasteiger partial charge in [-0.05, 0) is 69.2 Å². The van der Waals surface area contributed by atoms with Gasteiger partial charge in [-0.2, -0.15) is 9.97 Å². The first-order valence-corrected chi connectivity index (χ1v) is 14.2. The Morgan fingerprint density at radius 3 is 2.28 bits per heavy atom. The molecule has 3 N–H and O–H groups in total. The molecule has 0 aliphatic heterocycles. The first-order chi connectivity index (χ1) is 18.6. The van der Waals surface area contributed by atoms with Gasteiger partial charge in [0, 0.05) is 24.7 Å². The highest BCUT2D eigenvalue weighted by atomic mass is 35.5. The van der Waals surface area contributed by atoms with E-state index in [-0.39, 0.29) is 18.4 Å². The van der Waals surface area contributed by atoms with Gasteiger partial charge in [0.1, 0.15) is 0 Å². The van der Waals surface area contributed by atoms with Gasteiger partial charge < -0.3 is 20.5 Å². The normalized spacial score (nSPS) is 17.2. The first-order valence-electron chi connectivity index (χ1n) is 14.2. The van der Waals surface area contributed by atoms with Gasteiger partial charge in [-0.15, -0.1) is 12.4 Å². The Morgan fingerprint density at radius 2 is 1.59 bits per heavy atom. The molecule has 2 heterocycles. The molecular formula is C31H42ClN7. The third-order valence-corrected chi connectivity index (χ3v) is 7.52. The molecule has 0 unspecified atom stereocenters. The minimum Gasteiger partial charge on any atom is -0.364 e. The third kappa shape index (κ3) is 7.28. The molecule has 1 aliphatic carbocycles. The summed E-state index contributed by atoms with van der Waals surface area (Å²) in [5, 5.41) is 10.9. The molecule has 39 heavy (non-hydrogen) atoms. The van der Waals surface area contributed by atoms with Crippen LogP contribution in [0.3, 0.4) is 0 Å². The number of unbranched alkanes of at least 4 members (excludes halogenated alkanes) is 1. The molecule has 0 saturated heterocycles. The topological polar surface area (TPSA) is 79.7 Å². The molecular weight excluding hydrogens is 506 g/mol. The molecule has 0 amide bonds. The summed E-state index contributed by atoms with van der Waals surface area (Å²) in [4.78, 5) is 14.5.